The highest BCUT2D eigenvalue weighted by Gasteiger charge is 2.31. The molecule has 0 aromatic heterocycles. The lowest BCUT2D eigenvalue weighted by Crippen LogP contribution is -2.39. The summed E-state index contributed by atoms with van der Waals surface area (Å²) < 4.78 is 48.2. The third-order valence-corrected chi connectivity index (χ3v) is 7.31. The molecule has 2 aliphatic rings. The Kier molecular flexibility index (Phi) is 24.6. The Balaban J connectivity index is 1.21. The van der Waals surface area contributed by atoms with Crippen LogP contribution in [0.25, 0.3) is 0 Å². The molecule has 1 aliphatic heterocycles. The first kappa shape index (κ1) is 41.6. The van der Waals surface area contributed by atoms with E-state index in [4.69, 9.17) is 47.7 Å². The molecule has 1 fully saturated rings. The van der Waals surface area contributed by atoms with Crippen molar-refractivity contribution in [2.45, 2.75) is 25.7 Å². The third kappa shape index (κ3) is 21.4. The van der Waals surface area contributed by atoms with Crippen molar-refractivity contribution in [2.75, 3.05) is 132 Å². The first-order valence-electron chi connectivity index (χ1n) is 16.7. The predicted octanol–water partition coefficient (Wildman–Crippen LogP) is 0.0680. The first-order chi connectivity index (χ1) is 23.5. The summed E-state index contributed by atoms with van der Waals surface area (Å²) in [6.45, 7) is 7.78. The molecule has 0 spiro atoms. The monoisotopic (exact) mass is 690 g/mol. The highest BCUT2D eigenvalue weighted by atomic mass is 16.6. The summed E-state index contributed by atoms with van der Waals surface area (Å²) in [6.07, 6.45) is 5.77. The summed E-state index contributed by atoms with van der Waals surface area (Å²) in [5, 5.41) is 11.4. The van der Waals surface area contributed by atoms with Gasteiger partial charge in [-0.05, 0) is 31.6 Å². The van der Waals surface area contributed by atoms with Gasteiger partial charge in [-0.1, -0.05) is 0 Å². The largest absolute Gasteiger partial charge is 0.480 e. The number of carbonyl (C=O) groups excluding carboxylic acids is 3. The summed E-state index contributed by atoms with van der Waals surface area (Å²) in [6, 6.07) is 0. The molecular formula is C32H54N2O14. The number of carboxylic acids is 1. The number of rotatable bonds is 32. The third-order valence-electron chi connectivity index (χ3n) is 7.31. The van der Waals surface area contributed by atoms with Crippen LogP contribution in [0.3, 0.4) is 0 Å². The number of ether oxygens (including phenoxy) is 9. The van der Waals surface area contributed by atoms with Crippen molar-refractivity contribution in [2.24, 2.45) is 11.8 Å². The minimum Gasteiger partial charge on any atom is -0.480 e. The zero-order valence-corrected chi connectivity index (χ0v) is 28.0. The van der Waals surface area contributed by atoms with Crippen LogP contribution in [-0.4, -0.2) is 166 Å². The first-order valence-corrected chi connectivity index (χ1v) is 16.7. The van der Waals surface area contributed by atoms with Gasteiger partial charge in [0.05, 0.1) is 112 Å². The smallest absolute Gasteiger partial charge is 0.329 e. The second-order valence-corrected chi connectivity index (χ2v) is 11.0. The van der Waals surface area contributed by atoms with Crippen molar-refractivity contribution in [3.05, 3.63) is 12.2 Å². The van der Waals surface area contributed by atoms with E-state index in [0.29, 0.717) is 119 Å². The van der Waals surface area contributed by atoms with E-state index >= 15 is 0 Å². The van der Waals surface area contributed by atoms with Crippen molar-refractivity contribution >= 4 is 23.7 Å². The van der Waals surface area contributed by atoms with Crippen LogP contribution in [0.1, 0.15) is 25.7 Å². The molecule has 0 aromatic rings. The summed E-state index contributed by atoms with van der Waals surface area (Å²) >= 11 is 0. The maximum absolute atomic E-state index is 12.4. The Morgan fingerprint density at radius 1 is 0.583 bits per heavy atom. The average molecular weight is 691 g/mol. The zero-order chi connectivity index (χ0) is 34.5. The lowest BCUT2D eigenvalue weighted by atomic mass is 9.81. The Bertz CT molecular complexity index is 895. The average Bonchev–Trinajstić information content (AvgIpc) is 3.39. The highest BCUT2D eigenvalue weighted by molar-refractivity contribution is 6.12. The quantitative estimate of drug-likeness (QED) is 0.0713. The second kappa shape index (κ2) is 28.3. The Morgan fingerprint density at radius 2 is 0.938 bits per heavy atom. The van der Waals surface area contributed by atoms with Crippen LogP contribution in [0.4, 0.5) is 0 Å². The molecule has 3 amide bonds. The summed E-state index contributed by atoms with van der Waals surface area (Å²) in [5.74, 6) is -1.26. The molecule has 2 rings (SSSR count). The SMILES string of the molecule is O=C(O)COCCOCCOCCOCCOCCOCCOCCOCCOCCNC(=O)[C@H]1CC[C@H](CN2C(=O)C=CC2=O)CC1. The van der Waals surface area contributed by atoms with Crippen molar-refractivity contribution in [1.29, 1.82) is 0 Å². The van der Waals surface area contributed by atoms with E-state index in [1.54, 1.807) is 0 Å². The topological polar surface area (TPSA) is 187 Å². The number of hydrogen-bond donors (Lipinski definition) is 2. The number of nitrogens with zero attached hydrogens (tertiary/aromatic N) is 1. The predicted molar refractivity (Wildman–Crippen MR) is 169 cm³/mol. The van der Waals surface area contributed by atoms with Crippen molar-refractivity contribution in [3.8, 4) is 0 Å². The summed E-state index contributed by atoms with van der Waals surface area (Å²) in [5.41, 5.74) is 0. The van der Waals surface area contributed by atoms with Gasteiger partial charge in [0.1, 0.15) is 6.61 Å². The van der Waals surface area contributed by atoms with Gasteiger partial charge in [-0.3, -0.25) is 19.3 Å². The van der Waals surface area contributed by atoms with Crippen LogP contribution in [0.2, 0.25) is 0 Å². The second-order valence-electron chi connectivity index (χ2n) is 11.0. The minimum atomic E-state index is -1.00. The molecular weight excluding hydrogens is 636 g/mol. The van der Waals surface area contributed by atoms with Crippen LogP contribution in [0.5, 0.6) is 0 Å². The van der Waals surface area contributed by atoms with E-state index in [-0.39, 0.29) is 42.8 Å². The minimum absolute atomic E-state index is 0.0293. The molecule has 16 nitrogen and oxygen atoms in total. The number of aliphatic carboxylic acids is 1. The Hall–Kier alpha value is -2.54. The number of amides is 3. The van der Waals surface area contributed by atoms with Crippen molar-refractivity contribution in [3.63, 3.8) is 0 Å². The number of carboxylic acid groups (broad SMARTS) is 1. The van der Waals surface area contributed by atoms with Gasteiger partial charge >= 0.3 is 5.97 Å². The van der Waals surface area contributed by atoms with Gasteiger partial charge < -0.3 is 53.1 Å². The standard InChI is InChI=1S/C32H54N2O14/c35-29-5-6-30(36)34(29)25-27-1-3-28(4-2-27)32(39)33-7-8-40-9-10-41-11-12-42-13-14-43-15-16-44-17-18-45-19-20-46-21-22-47-23-24-48-26-31(37)38/h5-6,27-28H,1-4,7-26H2,(H,33,39)(H,37,38)/t27-,28-. The fourth-order valence-electron chi connectivity index (χ4n) is 4.79. The van der Waals surface area contributed by atoms with Gasteiger partial charge in [0.2, 0.25) is 5.91 Å². The van der Waals surface area contributed by atoms with E-state index in [1.165, 1.54) is 17.1 Å². The lowest BCUT2D eigenvalue weighted by Gasteiger charge is -2.30. The van der Waals surface area contributed by atoms with Crippen LogP contribution < -0.4 is 5.32 Å². The van der Waals surface area contributed by atoms with E-state index < -0.39 is 5.97 Å². The van der Waals surface area contributed by atoms with Gasteiger partial charge in [0, 0.05) is 31.2 Å². The van der Waals surface area contributed by atoms with E-state index in [2.05, 4.69) is 5.32 Å². The number of carbonyl (C=O) groups is 4. The van der Waals surface area contributed by atoms with Crippen molar-refractivity contribution < 1.29 is 66.9 Å². The molecule has 1 aliphatic carbocycles. The number of imide groups is 1. The molecule has 1 heterocycles. The maximum atomic E-state index is 12.4. The van der Waals surface area contributed by atoms with Crippen LogP contribution >= 0.6 is 0 Å². The molecule has 2 N–H and O–H groups in total. The molecule has 0 bridgehead atoms. The Morgan fingerprint density at radius 3 is 1.31 bits per heavy atom. The molecule has 276 valence electrons. The summed E-state index contributed by atoms with van der Waals surface area (Å²) in [4.78, 5) is 47.5. The van der Waals surface area contributed by atoms with Gasteiger partial charge in [-0.25, -0.2) is 4.79 Å². The lowest BCUT2D eigenvalue weighted by molar-refractivity contribution is -0.143. The molecule has 0 atom stereocenters. The Labute approximate surface area is 282 Å². The van der Waals surface area contributed by atoms with Crippen LogP contribution in [0, 0.1) is 11.8 Å². The van der Waals surface area contributed by atoms with Gasteiger partial charge in [-0.2, -0.15) is 0 Å². The normalized spacial score (nSPS) is 17.8. The molecule has 0 saturated heterocycles. The molecule has 0 unspecified atom stereocenters. The maximum Gasteiger partial charge on any atom is 0.329 e. The van der Waals surface area contributed by atoms with Crippen molar-refractivity contribution in [1.82, 2.24) is 10.2 Å². The molecule has 48 heavy (non-hydrogen) atoms. The number of hydrogen-bond acceptors (Lipinski definition) is 13. The highest BCUT2D eigenvalue weighted by Crippen LogP contribution is 2.30. The molecule has 0 aromatic carbocycles. The van der Waals surface area contributed by atoms with Crippen LogP contribution in [0.15, 0.2) is 12.2 Å². The summed E-state index contributed by atoms with van der Waals surface area (Å²) in [7, 11) is 0. The molecule has 0 radical (unpaired) electrons. The van der Waals surface area contributed by atoms with Gasteiger partial charge in [-0.15, -0.1) is 0 Å². The van der Waals surface area contributed by atoms with E-state index in [0.717, 1.165) is 25.7 Å². The fourth-order valence-corrected chi connectivity index (χ4v) is 4.79. The van der Waals surface area contributed by atoms with Gasteiger partial charge in [0.25, 0.3) is 11.8 Å². The van der Waals surface area contributed by atoms with E-state index in [1.807, 2.05) is 0 Å². The van der Waals surface area contributed by atoms with Gasteiger partial charge in [0.15, 0.2) is 0 Å². The molecule has 16 heteroatoms. The zero-order valence-electron chi connectivity index (χ0n) is 28.0. The molecule has 1 saturated carbocycles. The number of nitrogens with one attached hydrogen (secondary N) is 1. The van der Waals surface area contributed by atoms with Crippen LogP contribution in [-0.2, 0) is 61.8 Å². The fraction of sp³-hybridized carbons (Fsp3) is 0.812. The van der Waals surface area contributed by atoms with E-state index in [9.17, 15) is 19.2 Å².